The van der Waals surface area contributed by atoms with E-state index in [0.29, 0.717) is 5.82 Å². The van der Waals surface area contributed by atoms with E-state index in [2.05, 4.69) is 19.8 Å². The Kier molecular flexibility index (Phi) is 3.26. The van der Waals surface area contributed by atoms with Crippen molar-refractivity contribution in [1.82, 2.24) is 19.8 Å². The lowest BCUT2D eigenvalue weighted by Crippen LogP contribution is -2.25. The molecule has 2 aromatic heterocycles. The Morgan fingerprint density at radius 1 is 1.50 bits per heavy atom. The molecular weight excluding hydrogens is 258 g/mol. The summed E-state index contributed by atoms with van der Waals surface area (Å²) in [5, 5.41) is 3.33. The molecule has 0 aliphatic heterocycles. The topological polar surface area (TPSA) is 124 Å². The molecule has 0 spiro atoms. The number of aromatic nitrogens is 3. The van der Waals surface area contributed by atoms with Crippen LogP contribution in [0.25, 0.3) is 0 Å². The number of aryl methyl sites for hydroxylation is 1. The predicted octanol–water partition coefficient (Wildman–Crippen LogP) is -0.166. The maximum atomic E-state index is 11.9. The molecule has 0 atom stereocenters. The van der Waals surface area contributed by atoms with Gasteiger partial charge < -0.3 is 10.3 Å². The highest BCUT2D eigenvalue weighted by Crippen LogP contribution is 2.13. The number of nitrogen functional groups attached to an aromatic ring is 1. The largest absolute Gasteiger partial charge is 0.396 e. The van der Waals surface area contributed by atoms with Crippen LogP contribution in [0.1, 0.15) is 11.7 Å². The number of nitrogens with one attached hydrogen (secondary N) is 1. The first kappa shape index (κ1) is 12.5. The SMILES string of the molecule is Cc1noc(CNS(=O)(=O)c2ncccc2N)n1. The number of anilines is 1. The number of sulfonamides is 1. The molecule has 0 saturated heterocycles. The lowest BCUT2D eigenvalue weighted by molar-refractivity contribution is 0.372. The first-order valence-corrected chi connectivity index (χ1v) is 6.47. The summed E-state index contributed by atoms with van der Waals surface area (Å²) in [5.74, 6) is 0.604. The van der Waals surface area contributed by atoms with Crippen LogP contribution in [-0.4, -0.2) is 23.5 Å². The van der Waals surface area contributed by atoms with E-state index in [9.17, 15) is 8.42 Å². The van der Waals surface area contributed by atoms with Crippen molar-refractivity contribution in [3.8, 4) is 0 Å². The quantitative estimate of drug-likeness (QED) is 0.789. The molecule has 18 heavy (non-hydrogen) atoms. The van der Waals surface area contributed by atoms with Gasteiger partial charge in [-0.05, 0) is 19.1 Å². The van der Waals surface area contributed by atoms with Crippen molar-refractivity contribution in [2.45, 2.75) is 18.5 Å². The molecule has 0 fully saturated rings. The average molecular weight is 269 g/mol. The fourth-order valence-corrected chi connectivity index (χ4v) is 2.29. The number of nitrogens with two attached hydrogens (primary N) is 1. The van der Waals surface area contributed by atoms with Gasteiger partial charge in [0.2, 0.25) is 5.89 Å². The van der Waals surface area contributed by atoms with Crippen LogP contribution in [0, 0.1) is 6.92 Å². The molecule has 0 aliphatic carbocycles. The third kappa shape index (κ3) is 2.63. The van der Waals surface area contributed by atoms with Crippen LogP contribution < -0.4 is 10.5 Å². The summed E-state index contributed by atoms with van der Waals surface area (Å²) in [5.41, 5.74) is 5.62. The molecule has 0 unspecified atom stereocenters. The van der Waals surface area contributed by atoms with Gasteiger partial charge in [-0.1, -0.05) is 5.16 Å². The number of hydrogen-bond acceptors (Lipinski definition) is 7. The molecule has 96 valence electrons. The van der Waals surface area contributed by atoms with Crippen LogP contribution >= 0.6 is 0 Å². The lowest BCUT2D eigenvalue weighted by Gasteiger charge is -2.05. The third-order valence-corrected chi connectivity index (χ3v) is 3.41. The van der Waals surface area contributed by atoms with Crippen LogP contribution in [0.5, 0.6) is 0 Å². The Hall–Kier alpha value is -2.00. The average Bonchev–Trinajstić information content (AvgIpc) is 2.73. The van der Waals surface area contributed by atoms with Gasteiger partial charge in [-0.2, -0.15) is 4.98 Å². The summed E-state index contributed by atoms with van der Waals surface area (Å²) < 4.78 is 30.8. The number of hydrogen-bond donors (Lipinski definition) is 2. The minimum absolute atomic E-state index is 0.0757. The third-order valence-electron chi connectivity index (χ3n) is 2.04. The molecule has 0 aliphatic rings. The smallest absolute Gasteiger partial charge is 0.260 e. The zero-order chi connectivity index (χ0) is 13.2. The monoisotopic (exact) mass is 269 g/mol. The van der Waals surface area contributed by atoms with Crippen LogP contribution in [0.15, 0.2) is 27.9 Å². The van der Waals surface area contributed by atoms with Crippen LogP contribution in [0.4, 0.5) is 5.69 Å². The van der Waals surface area contributed by atoms with Crippen molar-refractivity contribution in [2.24, 2.45) is 0 Å². The van der Waals surface area contributed by atoms with Crippen molar-refractivity contribution in [3.63, 3.8) is 0 Å². The van der Waals surface area contributed by atoms with Gasteiger partial charge in [-0.3, -0.25) is 0 Å². The van der Waals surface area contributed by atoms with Crippen LogP contribution in [0.2, 0.25) is 0 Å². The van der Waals surface area contributed by atoms with Crippen molar-refractivity contribution in [3.05, 3.63) is 30.0 Å². The molecule has 0 aromatic carbocycles. The fourth-order valence-electron chi connectivity index (χ4n) is 1.26. The standard InChI is InChI=1S/C9H11N5O3S/c1-6-13-8(17-14-6)5-12-18(15,16)9-7(10)3-2-4-11-9/h2-4,12H,5,10H2,1H3. The van der Waals surface area contributed by atoms with Gasteiger partial charge in [-0.15, -0.1) is 0 Å². The molecule has 0 saturated carbocycles. The van der Waals surface area contributed by atoms with E-state index in [1.165, 1.54) is 12.3 Å². The van der Waals surface area contributed by atoms with Gasteiger partial charge in [0.25, 0.3) is 10.0 Å². The summed E-state index contributed by atoms with van der Waals surface area (Å²) >= 11 is 0. The lowest BCUT2D eigenvalue weighted by atomic mass is 10.4. The summed E-state index contributed by atoms with van der Waals surface area (Å²) in [6.45, 7) is 1.53. The van der Waals surface area contributed by atoms with Crippen LogP contribution in [-0.2, 0) is 16.6 Å². The van der Waals surface area contributed by atoms with Crippen LogP contribution in [0.3, 0.4) is 0 Å². The van der Waals surface area contributed by atoms with Gasteiger partial charge in [0, 0.05) is 6.20 Å². The number of nitrogens with zero attached hydrogens (tertiary/aromatic N) is 3. The Morgan fingerprint density at radius 2 is 2.28 bits per heavy atom. The second-order valence-corrected chi connectivity index (χ2v) is 5.14. The van der Waals surface area contributed by atoms with Gasteiger partial charge in [-0.25, -0.2) is 18.1 Å². The molecule has 0 bridgehead atoms. The molecular formula is C9H11N5O3S. The molecule has 2 aromatic rings. The van der Waals surface area contributed by atoms with Gasteiger partial charge in [0.1, 0.15) is 0 Å². The van der Waals surface area contributed by atoms with Crippen molar-refractivity contribution in [2.75, 3.05) is 5.73 Å². The first-order valence-electron chi connectivity index (χ1n) is 4.98. The van der Waals surface area contributed by atoms with Gasteiger partial charge in [0.05, 0.1) is 12.2 Å². The number of pyridine rings is 1. The first-order chi connectivity index (χ1) is 8.49. The maximum Gasteiger partial charge on any atom is 0.260 e. The van der Waals surface area contributed by atoms with E-state index in [1.54, 1.807) is 13.0 Å². The van der Waals surface area contributed by atoms with E-state index >= 15 is 0 Å². The molecule has 0 radical (unpaired) electrons. The van der Waals surface area contributed by atoms with Gasteiger partial charge >= 0.3 is 0 Å². The minimum atomic E-state index is -3.79. The van der Waals surface area contributed by atoms with E-state index in [0.717, 1.165) is 0 Å². The second kappa shape index (κ2) is 4.70. The highest BCUT2D eigenvalue weighted by molar-refractivity contribution is 7.89. The minimum Gasteiger partial charge on any atom is -0.396 e. The normalized spacial score (nSPS) is 11.6. The zero-order valence-electron chi connectivity index (χ0n) is 9.49. The highest BCUT2D eigenvalue weighted by Gasteiger charge is 2.19. The summed E-state index contributed by atoms with van der Waals surface area (Å²) in [4.78, 5) is 7.60. The molecule has 2 heterocycles. The highest BCUT2D eigenvalue weighted by atomic mass is 32.2. The molecule has 0 amide bonds. The maximum absolute atomic E-state index is 11.9. The summed E-state index contributed by atoms with van der Waals surface area (Å²) in [6, 6.07) is 3.01. The van der Waals surface area contributed by atoms with E-state index in [-0.39, 0.29) is 23.1 Å². The molecule has 3 N–H and O–H groups in total. The Labute approximate surface area is 103 Å². The molecule has 8 nitrogen and oxygen atoms in total. The molecule has 2 rings (SSSR count). The van der Waals surface area contributed by atoms with Crippen molar-refractivity contribution >= 4 is 15.7 Å². The number of rotatable bonds is 4. The fraction of sp³-hybridized carbons (Fsp3) is 0.222. The Balaban J connectivity index is 2.16. The van der Waals surface area contributed by atoms with Gasteiger partial charge in [0.15, 0.2) is 10.9 Å². The Bertz CT molecular complexity index is 652. The predicted molar refractivity (Wildman–Crippen MR) is 61.7 cm³/mol. The zero-order valence-corrected chi connectivity index (χ0v) is 10.3. The van der Waals surface area contributed by atoms with E-state index in [4.69, 9.17) is 10.3 Å². The molecule has 9 heteroatoms. The van der Waals surface area contributed by atoms with E-state index < -0.39 is 10.0 Å². The van der Waals surface area contributed by atoms with Crippen molar-refractivity contribution < 1.29 is 12.9 Å². The second-order valence-electron chi connectivity index (χ2n) is 3.46. The summed E-state index contributed by atoms with van der Waals surface area (Å²) in [7, 11) is -3.79. The van der Waals surface area contributed by atoms with E-state index in [1.807, 2.05) is 0 Å². The summed E-state index contributed by atoms with van der Waals surface area (Å²) in [6.07, 6.45) is 1.35. The van der Waals surface area contributed by atoms with Crippen molar-refractivity contribution in [1.29, 1.82) is 0 Å². The Morgan fingerprint density at radius 3 is 2.89 bits per heavy atom.